The fourth-order valence-electron chi connectivity index (χ4n) is 3.62. The molecule has 4 aromatic rings. The summed E-state index contributed by atoms with van der Waals surface area (Å²) in [6, 6.07) is 17.3. The maximum atomic E-state index is 13.2. The molecule has 1 amide bonds. The molecule has 11 heteroatoms. The highest BCUT2D eigenvalue weighted by Crippen LogP contribution is 2.45. The third-order valence-corrected chi connectivity index (χ3v) is 9.21. The third-order valence-electron chi connectivity index (χ3n) is 5.29. The number of rotatable bonds is 6. The van der Waals surface area contributed by atoms with Gasteiger partial charge in [-0.15, -0.1) is 21.5 Å². The van der Waals surface area contributed by atoms with Gasteiger partial charge in [0.05, 0.1) is 5.57 Å². The third kappa shape index (κ3) is 4.81. The number of hydrogen-bond donors (Lipinski definition) is 1. The van der Waals surface area contributed by atoms with Crippen molar-refractivity contribution in [2.24, 2.45) is 0 Å². The van der Waals surface area contributed by atoms with Crippen molar-refractivity contribution in [3.05, 3.63) is 97.1 Å². The predicted molar refractivity (Wildman–Crippen MR) is 144 cm³/mol. The lowest BCUT2D eigenvalue weighted by Crippen LogP contribution is -2.29. The van der Waals surface area contributed by atoms with Gasteiger partial charge in [0.15, 0.2) is 4.34 Å². The summed E-state index contributed by atoms with van der Waals surface area (Å²) in [6.07, 6.45) is 0. The Morgan fingerprint density at radius 1 is 1.09 bits per heavy atom. The molecule has 0 radical (unpaired) electrons. The molecule has 5 rings (SSSR count). The lowest BCUT2D eigenvalue weighted by Gasteiger charge is -2.20. The summed E-state index contributed by atoms with van der Waals surface area (Å²) in [6.45, 7) is 0. The number of benzene rings is 2. The van der Waals surface area contributed by atoms with Gasteiger partial charge in [-0.05, 0) is 35.2 Å². The van der Waals surface area contributed by atoms with Crippen LogP contribution >= 0.6 is 62.0 Å². The second-order valence-electron chi connectivity index (χ2n) is 7.42. The number of Topliss-reactive ketones (excluding diaryl/α,β-unsaturated/α-hetero) is 1. The maximum absolute atomic E-state index is 13.2. The van der Waals surface area contributed by atoms with Crippen molar-refractivity contribution in [3.8, 4) is 0 Å². The Hall–Kier alpha value is -2.50. The second kappa shape index (κ2) is 10.2. The fourth-order valence-corrected chi connectivity index (χ4v) is 6.86. The Balaban J connectivity index is 1.51. The maximum Gasteiger partial charge on any atom is 0.301 e. The topological polar surface area (TPSA) is 83.4 Å². The molecule has 0 bridgehead atoms. The average Bonchev–Trinajstić information content (AvgIpc) is 3.60. The monoisotopic (exact) mass is 603 g/mol. The molecule has 3 heterocycles. The minimum absolute atomic E-state index is 0.0280. The van der Waals surface area contributed by atoms with Crippen LogP contribution in [-0.4, -0.2) is 27.0 Å². The molecule has 2 aromatic carbocycles. The summed E-state index contributed by atoms with van der Waals surface area (Å²) in [4.78, 5) is 28.4. The molecule has 1 fully saturated rings. The highest BCUT2D eigenvalue weighted by Gasteiger charge is 2.48. The van der Waals surface area contributed by atoms with Gasteiger partial charge in [-0.2, -0.15) is 0 Å². The Morgan fingerprint density at radius 3 is 2.57 bits per heavy atom. The van der Waals surface area contributed by atoms with Crippen LogP contribution in [0.5, 0.6) is 0 Å². The minimum atomic E-state index is -0.798. The summed E-state index contributed by atoms with van der Waals surface area (Å²) >= 11 is 13.7. The summed E-state index contributed by atoms with van der Waals surface area (Å²) in [5.74, 6) is -1.15. The zero-order valence-corrected chi connectivity index (χ0v) is 22.5. The summed E-state index contributed by atoms with van der Waals surface area (Å²) < 4.78 is 1.47. The molecule has 2 aromatic heterocycles. The van der Waals surface area contributed by atoms with Gasteiger partial charge in [0.1, 0.15) is 11.8 Å². The number of aliphatic hydroxyl groups is 1. The standard InChI is InChI=1S/C24H15BrClN3O3S3/c25-15-9-7-13(8-10-15)20(30)18-19(17-6-3-11-33-17)29(22(32)21(18)31)23-27-28-24(35-23)34-12-14-4-1-2-5-16(14)26/h1-11,19,30H,12H2/b20-18-. The molecular formula is C24H15BrClN3O3S3. The molecule has 0 spiro atoms. The minimum Gasteiger partial charge on any atom is -0.507 e. The van der Waals surface area contributed by atoms with Crippen LogP contribution in [0.4, 0.5) is 5.13 Å². The van der Waals surface area contributed by atoms with E-state index in [2.05, 4.69) is 26.1 Å². The molecule has 0 saturated carbocycles. The molecule has 1 unspecified atom stereocenters. The van der Waals surface area contributed by atoms with E-state index in [0.29, 0.717) is 25.8 Å². The van der Waals surface area contributed by atoms with Crippen LogP contribution in [0.15, 0.2) is 80.4 Å². The van der Waals surface area contributed by atoms with E-state index in [1.165, 1.54) is 39.3 Å². The number of amides is 1. The van der Waals surface area contributed by atoms with Crippen LogP contribution in [0.25, 0.3) is 5.76 Å². The van der Waals surface area contributed by atoms with E-state index >= 15 is 0 Å². The average molecular weight is 605 g/mol. The van der Waals surface area contributed by atoms with Gasteiger partial charge in [-0.1, -0.05) is 87.0 Å². The van der Waals surface area contributed by atoms with Gasteiger partial charge in [0, 0.05) is 25.7 Å². The van der Waals surface area contributed by atoms with Crippen LogP contribution in [0.2, 0.25) is 5.02 Å². The lowest BCUT2D eigenvalue weighted by molar-refractivity contribution is -0.132. The number of ketones is 1. The van der Waals surface area contributed by atoms with Crippen molar-refractivity contribution >= 4 is 84.5 Å². The van der Waals surface area contributed by atoms with E-state index in [9.17, 15) is 14.7 Å². The molecule has 6 nitrogen and oxygen atoms in total. The highest BCUT2D eigenvalue weighted by molar-refractivity contribution is 9.10. The summed E-state index contributed by atoms with van der Waals surface area (Å²) in [7, 11) is 0. The van der Waals surface area contributed by atoms with E-state index < -0.39 is 17.7 Å². The number of hydrogen-bond acceptors (Lipinski definition) is 8. The van der Waals surface area contributed by atoms with E-state index in [1.54, 1.807) is 24.3 Å². The zero-order chi connectivity index (χ0) is 24.5. The number of thioether (sulfide) groups is 1. The summed E-state index contributed by atoms with van der Waals surface area (Å²) in [5.41, 5.74) is 1.44. The van der Waals surface area contributed by atoms with Crippen LogP contribution in [0.3, 0.4) is 0 Å². The zero-order valence-electron chi connectivity index (χ0n) is 17.7. The Kier molecular flexibility index (Phi) is 7.08. The SMILES string of the molecule is O=C1C(=O)N(c2nnc(SCc3ccccc3Cl)s2)C(c2cccs2)/C1=C(/O)c1ccc(Br)cc1. The molecule has 176 valence electrons. The first-order chi connectivity index (χ1) is 16.9. The van der Waals surface area contributed by atoms with E-state index in [4.69, 9.17) is 11.6 Å². The van der Waals surface area contributed by atoms with E-state index in [0.717, 1.165) is 14.9 Å². The fraction of sp³-hybridized carbons (Fsp3) is 0.0833. The number of aromatic nitrogens is 2. The predicted octanol–water partition coefficient (Wildman–Crippen LogP) is 6.93. The molecule has 1 N–H and O–H groups in total. The number of carbonyl (C=O) groups excluding carboxylic acids is 2. The first-order valence-corrected chi connectivity index (χ1v) is 14.1. The van der Waals surface area contributed by atoms with E-state index in [-0.39, 0.29) is 11.3 Å². The van der Waals surface area contributed by atoms with Gasteiger partial charge in [0.2, 0.25) is 5.13 Å². The van der Waals surface area contributed by atoms with Gasteiger partial charge in [-0.3, -0.25) is 14.5 Å². The van der Waals surface area contributed by atoms with Crippen LogP contribution < -0.4 is 4.90 Å². The number of halogens is 2. The van der Waals surface area contributed by atoms with Crippen LogP contribution in [0.1, 0.15) is 22.0 Å². The van der Waals surface area contributed by atoms with Crippen LogP contribution in [-0.2, 0) is 15.3 Å². The van der Waals surface area contributed by atoms with Crippen LogP contribution in [0, 0.1) is 0 Å². The van der Waals surface area contributed by atoms with E-state index in [1.807, 2.05) is 41.8 Å². The number of carbonyl (C=O) groups is 2. The molecule has 1 atom stereocenters. The quantitative estimate of drug-likeness (QED) is 0.0845. The smallest absolute Gasteiger partial charge is 0.301 e. The highest BCUT2D eigenvalue weighted by atomic mass is 79.9. The molecule has 1 saturated heterocycles. The van der Waals surface area contributed by atoms with Gasteiger partial charge < -0.3 is 5.11 Å². The molecule has 35 heavy (non-hydrogen) atoms. The van der Waals surface area contributed by atoms with Gasteiger partial charge in [-0.25, -0.2) is 0 Å². The number of anilines is 1. The number of thiophene rings is 1. The molecule has 1 aliphatic heterocycles. The van der Waals surface area contributed by atoms with Gasteiger partial charge >= 0.3 is 5.91 Å². The lowest BCUT2D eigenvalue weighted by atomic mass is 10.00. The van der Waals surface area contributed by atoms with Crippen molar-refractivity contribution in [3.63, 3.8) is 0 Å². The first-order valence-electron chi connectivity index (χ1n) is 10.2. The largest absolute Gasteiger partial charge is 0.507 e. The summed E-state index contributed by atoms with van der Waals surface area (Å²) in [5, 5.41) is 22.4. The Bertz CT molecular complexity index is 1440. The number of aliphatic hydroxyl groups excluding tert-OH is 1. The molecule has 0 aliphatic carbocycles. The molecular weight excluding hydrogens is 590 g/mol. The Labute approximate surface area is 226 Å². The second-order valence-corrected chi connectivity index (χ2v) is 11.9. The van der Waals surface area contributed by atoms with Crippen molar-refractivity contribution in [2.75, 3.05) is 4.90 Å². The van der Waals surface area contributed by atoms with Crippen molar-refractivity contribution in [2.45, 2.75) is 16.1 Å². The van der Waals surface area contributed by atoms with Gasteiger partial charge in [0.25, 0.3) is 5.78 Å². The van der Waals surface area contributed by atoms with Crippen molar-refractivity contribution in [1.29, 1.82) is 0 Å². The number of nitrogens with zero attached hydrogens (tertiary/aromatic N) is 3. The Morgan fingerprint density at radius 2 is 1.86 bits per heavy atom. The first kappa shape index (κ1) is 24.2. The normalized spacial score (nSPS) is 17.3. The van der Waals surface area contributed by atoms with Crippen molar-refractivity contribution in [1.82, 2.24) is 10.2 Å². The van der Waals surface area contributed by atoms with Crippen molar-refractivity contribution < 1.29 is 14.7 Å². The molecule has 1 aliphatic rings.